The van der Waals surface area contributed by atoms with Gasteiger partial charge in [-0.1, -0.05) is 38.1 Å². The first-order valence-corrected chi connectivity index (χ1v) is 25.8. The number of hydrogen-bond donors (Lipinski definition) is 4. The highest BCUT2D eigenvalue weighted by Crippen LogP contribution is 2.36. The van der Waals surface area contributed by atoms with Gasteiger partial charge in [0.15, 0.2) is 15.5 Å². The van der Waals surface area contributed by atoms with Crippen LogP contribution >= 0.6 is 0 Å². The molecule has 5 rings (SSSR count). The fraction of sp³-hybridized carbons (Fsp3) is 0.423. The number of aromatic nitrogens is 3. The molecular formula is C52H65FN8O13S. The Bertz CT molecular complexity index is 2950. The van der Waals surface area contributed by atoms with E-state index in [2.05, 4.69) is 31.3 Å². The fourth-order valence-electron chi connectivity index (χ4n) is 7.14. The van der Waals surface area contributed by atoms with Gasteiger partial charge in [-0.25, -0.2) is 41.4 Å². The molecule has 23 heteroatoms. The zero-order valence-corrected chi connectivity index (χ0v) is 44.6. The van der Waals surface area contributed by atoms with Crippen LogP contribution < -0.4 is 30.9 Å². The summed E-state index contributed by atoms with van der Waals surface area (Å²) in [6, 6.07) is 17.4. The van der Waals surface area contributed by atoms with Gasteiger partial charge >= 0.3 is 24.2 Å². The lowest BCUT2D eigenvalue weighted by molar-refractivity contribution is -0.157. The highest BCUT2D eigenvalue weighted by Gasteiger charge is 2.33. The van der Waals surface area contributed by atoms with E-state index in [1.807, 2.05) is 0 Å². The van der Waals surface area contributed by atoms with Crippen LogP contribution in [0.15, 0.2) is 90.0 Å². The van der Waals surface area contributed by atoms with Gasteiger partial charge in [0.25, 0.3) is 5.95 Å². The van der Waals surface area contributed by atoms with E-state index in [9.17, 15) is 41.6 Å². The molecule has 2 heterocycles. The number of nitrogens with zero attached hydrogens (tertiary/aromatic N) is 4. The number of carbonyl (C=O) groups is 6. The Balaban J connectivity index is 1.32. The number of hydrogen-bond acceptors (Lipinski definition) is 15. The van der Waals surface area contributed by atoms with Crippen molar-refractivity contribution in [1.82, 2.24) is 30.5 Å². The molecule has 0 saturated heterocycles. The van der Waals surface area contributed by atoms with Gasteiger partial charge in [-0.15, -0.1) is 5.10 Å². The number of amides is 5. The van der Waals surface area contributed by atoms with E-state index in [-0.39, 0.29) is 46.8 Å². The second-order valence-corrected chi connectivity index (χ2v) is 21.8. The smallest absolute Gasteiger partial charge is 0.424 e. The number of carbonyl (C=O) groups excluding carboxylic acids is 6. The van der Waals surface area contributed by atoms with E-state index in [4.69, 9.17) is 23.7 Å². The minimum absolute atomic E-state index is 0.0415. The molecule has 2 aromatic heterocycles. The Kier molecular flexibility index (Phi) is 19.3. The van der Waals surface area contributed by atoms with Crippen molar-refractivity contribution in [2.45, 2.75) is 116 Å². The topological polar surface area (TPSA) is 264 Å². The van der Waals surface area contributed by atoms with E-state index in [1.165, 1.54) is 42.0 Å². The second-order valence-electron chi connectivity index (χ2n) is 19.8. The fourth-order valence-corrected chi connectivity index (χ4v) is 7.77. The van der Waals surface area contributed by atoms with Gasteiger partial charge in [-0.2, -0.15) is 4.98 Å². The summed E-state index contributed by atoms with van der Waals surface area (Å²) < 4.78 is 66.9. The van der Waals surface area contributed by atoms with Gasteiger partial charge in [0.05, 0.1) is 23.6 Å². The number of ether oxygens (including phenoxy) is 5. The Labute approximate surface area is 435 Å². The Morgan fingerprint density at radius 1 is 0.773 bits per heavy atom. The Morgan fingerprint density at radius 3 is 2.03 bits per heavy atom. The molecule has 75 heavy (non-hydrogen) atoms. The van der Waals surface area contributed by atoms with E-state index in [0.717, 1.165) is 16.7 Å². The number of nitrogens with one attached hydrogen (secondary N) is 4. The maximum Gasteiger partial charge on any atom is 0.424 e. The number of rotatable bonds is 20. The first kappa shape index (κ1) is 58.1. The number of halogens is 1. The molecule has 0 bridgehead atoms. The standard InChI is InChI=1S/C52H65FN8O13S/c1-31(2)43(58-45(63)39(56-49(66)74-52(7,8)9)14-12-13-27-54-48(65)73-51(4,5)6)46(64)71-30-72-50(67)61(40-25-24-38(75(11,68)69)28-41(40)70-10)47-57-42-26-19-35(29-60(42)59-47)34-17-22-37(23-18-34)55-44(62)32(3)33-15-20-36(53)21-16-33/h15-26,28-29,31-32,39,43H,12-14,27,30H2,1-11H3,(H,54,65)(H,55,62)(H,56,66)(H,58,63). The molecule has 3 aromatic carbocycles. The second kappa shape index (κ2) is 24.9. The minimum Gasteiger partial charge on any atom is -0.495 e. The molecule has 0 aliphatic carbocycles. The van der Waals surface area contributed by atoms with Crippen LogP contribution in [0.3, 0.4) is 0 Å². The van der Waals surface area contributed by atoms with Crippen LogP contribution in [0.25, 0.3) is 16.8 Å². The predicted octanol–water partition coefficient (Wildman–Crippen LogP) is 8.19. The molecule has 0 radical (unpaired) electrons. The molecule has 404 valence electrons. The van der Waals surface area contributed by atoms with Crippen molar-refractivity contribution < 1.29 is 65.3 Å². The number of sulfone groups is 1. The summed E-state index contributed by atoms with van der Waals surface area (Å²) in [5.74, 6) is -3.85. The maximum atomic E-state index is 14.2. The summed E-state index contributed by atoms with van der Waals surface area (Å²) in [5, 5.41) is 15.2. The van der Waals surface area contributed by atoms with Gasteiger partial charge in [-0.05, 0) is 133 Å². The first-order valence-electron chi connectivity index (χ1n) is 23.9. The number of anilines is 3. The number of unbranched alkanes of at least 4 members (excludes halogenated alkanes) is 1. The van der Waals surface area contributed by atoms with Crippen molar-refractivity contribution in [1.29, 1.82) is 0 Å². The van der Waals surface area contributed by atoms with Crippen molar-refractivity contribution in [3.8, 4) is 16.9 Å². The number of methoxy groups -OCH3 is 1. The van der Waals surface area contributed by atoms with Crippen LogP contribution in [0.5, 0.6) is 5.75 Å². The van der Waals surface area contributed by atoms with Crippen molar-refractivity contribution in [3.63, 3.8) is 0 Å². The molecule has 3 unspecified atom stereocenters. The molecule has 21 nitrogen and oxygen atoms in total. The van der Waals surface area contributed by atoms with Crippen molar-refractivity contribution in [2.24, 2.45) is 5.92 Å². The van der Waals surface area contributed by atoms with Crippen LogP contribution in [-0.2, 0) is 43.2 Å². The van der Waals surface area contributed by atoms with Crippen molar-refractivity contribution >= 4 is 68.9 Å². The Morgan fingerprint density at radius 2 is 1.41 bits per heavy atom. The summed E-state index contributed by atoms with van der Waals surface area (Å²) >= 11 is 0. The third-order valence-corrected chi connectivity index (χ3v) is 12.1. The number of pyridine rings is 1. The Hall–Kier alpha value is -7.82. The van der Waals surface area contributed by atoms with Gasteiger partial charge in [0.2, 0.25) is 18.6 Å². The van der Waals surface area contributed by atoms with Crippen molar-refractivity contribution in [2.75, 3.05) is 36.9 Å². The minimum atomic E-state index is -3.74. The molecular weight excluding hydrogens is 996 g/mol. The lowest BCUT2D eigenvalue weighted by Crippen LogP contribution is -2.54. The number of esters is 1. The van der Waals surface area contributed by atoms with Gasteiger partial charge in [0, 0.05) is 36.3 Å². The summed E-state index contributed by atoms with van der Waals surface area (Å²) in [5.41, 5.74) is 1.23. The molecule has 0 spiro atoms. The quantitative estimate of drug-likeness (QED) is 0.0248. The van der Waals surface area contributed by atoms with Crippen LogP contribution in [0.2, 0.25) is 0 Å². The van der Waals surface area contributed by atoms with Gasteiger partial charge in [0.1, 0.15) is 34.9 Å². The van der Waals surface area contributed by atoms with E-state index in [1.54, 1.807) is 117 Å². The van der Waals surface area contributed by atoms with Crippen molar-refractivity contribution in [3.05, 3.63) is 96.4 Å². The summed E-state index contributed by atoms with van der Waals surface area (Å²) in [7, 11) is -2.47. The number of alkyl carbamates (subject to hydrolysis) is 2. The zero-order valence-electron chi connectivity index (χ0n) is 43.8. The third-order valence-electron chi connectivity index (χ3n) is 11.0. The predicted molar refractivity (Wildman–Crippen MR) is 276 cm³/mol. The van der Waals surface area contributed by atoms with E-state index >= 15 is 0 Å². The summed E-state index contributed by atoms with van der Waals surface area (Å²) in [6.45, 7) is 14.4. The van der Waals surface area contributed by atoms with Crippen LogP contribution in [0.4, 0.5) is 36.1 Å². The van der Waals surface area contributed by atoms with Gasteiger partial charge < -0.3 is 45.0 Å². The zero-order chi connectivity index (χ0) is 55.4. The first-order chi connectivity index (χ1) is 35.1. The van der Waals surface area contributed by atoms with Crippen LogP contribution in [0, 0.1) is 11.7 Å². The number of benzene rings is 3. The molecule has 0 saturated carbocycles. The van der Waals surface area contributed by atoms with Crippen LogP contribution in [0.1, 0.15) is 93.1 Å². The maximum absolute atomic E-state index is 14.2. The average molecular weight is 1060 g/mol. The largest absolute Gasteiger partial charge is 0.495 e. The molecule has 0 aliphatic heterocycles. The average Bonchev–Trinajstić information content (AvgIpc) is 3.74. The lowest BCUT2D eigenvalue weighted by Gasteiger charge is -2.26. The molecule has 0 fully saturated rings. The van der Waals surface area contributed by atoms with Crippen LogP contribution in [-0.4, -0.2) is 109 Å². The highest BCUT2D eigenvalue weighted by molar-refractivity contribution is 7.90. The molecule has 0 aliphatic rings. The highest BCUT2D eigenvalue weighted by atomic mass is 32.2. The third kappa shape index (κ3) is 17.1. The normalized spacial score (nSPS) is 12.9. The SMILES string of the molecule is COc1cc(S(C)(=O)=O)ccc1N(C(=O)OCOC(=O)C(NC(=O)C(CCCCNC(=O)OC(C)(C)C)NC(=O)OC(C)(C)C)C(C)C)c1nc2ccc(-c3ccc(NC(=O)C(C)c4ccc(F)cc4)cc3)cn2n1. The number of fused-ring (bicyclic) bond motifs is 1. The van der Waals surface area contributed by atoms with E-state index in [0.29, 0.717) is 29.7 Å². The summed E-state index contributed by atoms with van der Waals surface area (Å²) in [6.07, 6.45) is 0.854. The lowest BCUT2D eigenvalue weighted by atomic mass is 10.00. The molecule has 5 amide bonds. The van der Waals surface area contributed by atoms with Gasteiger partial charge in [-0.3, -0.25) is 9.59 Å². The molecule has 5 aromatic rings. The molecule has 3 atom stereocenters. The monoisotopic (exact) mass is 1060 g/mol. The molecule has 4 N–H and O–H groups in total. The summed E-state index contributed by atoms with van der Waals surface area (Å²) in [4.78, 5) is 84.8. The van der Waals surface area contributed by atoms with E-state index < -0.39 is 87.7 Å².